The van der Waals surface area contributed by atoms with Gasteiger partial charge in [0.1, 0.15) is 11.9 Å². The fraction of sp³-hybridized carbons (Fsp3) is 0.179. The first kappa shape index (κ1) is 25.8. The molecular weight excluding hydrogens is 456 g/mol. The average Bonchev–Trinajstić information content (AvgIpc) is 2.87. The van der Waals surface area contributed by atoms with Crippen molar-refractivity contribution in [3.63, 3.8) is 0 Å². The van der Waals surface area contributed by atoms with Crippen molar-refractivity contribution in [1.82, 2.24) is 0 Å². The number of phenolic OH excluding ortho intramolecular Hbond substituents is 1. The molecule has 3 aromatic rings. The highest BCUT2D eigenvalue weighted by molar-refractivity contribution is 6.01. The van der Waals surface area contributed by atoms with Gasteiger partial charge >= 0.3 is 6.09 Å². The molecule has 0 aliphatic heterocycles. The molecule has 0 saturated heterocycles. The van der Waals surface area contributed by atoms with Gasteiger partial charge in [0.05, 0.1) is 23.0 Å². The Morgan fingerprint density at radius 2 is 1.75 bits per heavy atom. The lowest BCUT2D eigenvalue weighted by atomic mass is 9.93. The van der Waals surface area contributed by atoms with Gasteiger partial charge in [-0.05, 0) is 78.9 Å². The van der Waals surface area contributed by atoms with Gasteiger partial charge in [-0.25, -0.2) is 4.79 Å². The summed E-state index contributed by atoms with van der Waals surface area (Å²) in [6.07, 6.45) is 3.19. The third-order valence-electron chi connectivity index (χ3n) is 5.51. The molecule has 0 aliphatic rings. The molecule has 0 aliphatic carbocycles. The maximum absolute atomic E-state index is 12.6. The summed E-state index contributed by atoms with van der Waals surface area (Å²) in [5.74, 6) is -0.271. The van der Waals surface area contributed by atoms with Crippen molar-refractivity contribution < 1.29 is 19.4 Å². The number of aromatic hydroxyl groups is 1. The summed E-state index contributed by atoms with van der Waals surface area (Å²) in [4.78, 5) is 24.8. The van der Waals surface area contributed by atoms with E-state index in [0.717, 1.165) is 5.56 Å². The lowest BCUT2D eigenvalue weighted by molar-refractivity contribution is -0.111. The van der Waals surface area contributed by atoms with Crippen LogP contribution in [0.4, 0.5) is 21.9 Å². The van der Waals surface area contributed by atoms with E-state index in [1.165, 1.54) is 18.2 Å². The molecule has 2 atom stereocenters. The first-order valence-corrected chi connectivity index (χ1v) is 11.4. The van der Waals surface area contributed by atoms with E-state index in [2.05, 4.69) is 10.6 Å². The number of nitrogens with zero attached hydrogens (tertiary/aromatic N) is 1. The lowest BCUT2D eigenvalue weighted by Gasteiger charge is -2.24. The van der Waals surface area contributed by atoms with E-state index in [4.69, 9.17) is 15.7 Å². The Morgan fingerprint density at radius 1 is 1.06 bits per heavy atom. The van der Waals surface area contributed by atoms with Crippen molar-refractivity contribution in [3.8, 4) is 11.8 Å². The van der Waals surface area contributed by atoms with Crippen molar-refractivity contribution in [2.24, 2.45) is 5.92 Å². The molecule has 0 radical (unpaired) electrons. The number of nitriles is 1. The number of carbonyl (C=O) groups excluding carboxylic acids is 2. The summed E-state index contributed by atoms with van der Waals surface area (Å²) >= 11 is 0. The third-order valence-corrected chi connectivity index (χ3v) is 5.51. The number of nitrogens with two attached hydrogens (primary N) is 1. The Bertz CT molecular complexity index is 1250. The van der Waals surface area contributed by atoms with Crippen molar-refractivity contribution in [1.29, 1.82) is 5.26 Å². The minimum absolute atomic E-state index is 0.0984. The number of benzene rings is 3. The van der Waals surface area contributed by atoms with Crippen LogP contribution in [0.15, 0.2) is 84.9 Å². The first-order chi connectivity index (χ1) is 17.4. The molecule has 3 aromatic carbocycles. The number of amides is 2. The maximum atomic E-state index is 12.6. The smallest absolute Gasteiger partial charge is 0.412 e. The fourth-order valence-corrected chi connectivity index (χ4v) is 3.55. The average molecular weight is 485 g/mol. The molecule has 8 heteroatoms. The number of para-hydroxylation sites is 2. The quantitative estimate of drug-likeness (QED) is 0.225. The topological polar surface area (TPSA) is 137 Å². The number of phenols is 1. The van der Waals surface area contributed by atoms with Crippen LogP contribution in [0.3, 0.4) is 0 Å². The number of nitrogens with one attached hydrogen (secondary N) is 2. The Balaban J connectivity index is 1.60. The normalized spacial score (nSPS) is 12.3. The molecule has 0 fully saturated rings. The molecule has 0 spiro atoms. The third kappa shape index (κ3) is 7.64. The van der Waals surface area contributed by atoms with E-state index >= 15 is 0 Å². The molecule has 0 saturated carbocycles. The summed E-state index contributed by atoms with van der Waals surface area (Å²) < 4.78 is 5.76. The van der Waals surface area contributed by atoms with E-state index in [9.17, 15) is 14.7 Å². The van der Waals surface area contributed by atoms with Crippen LogP contribution in [0.5, 0.6) is 5.75 Å². The Morgan fingerprint density at radius 3 is 2.42 bits per heavy atom. The van der Waals surface area contributed by atoms with Crippen LogP contribution < -0.4 is 16.4 Å². The summed E-state index contributed by atoms with van der Waals surface area (Å²) in [5, 5.41) is 24.0. The van der Waals surface area contributed by atoms with E-state index in [1.807, 2.05) is 13.0 Å². The molecule has 0 bridgehead atoms. The predicted molar refractivity (Wildman–Crippen MR) is 139 cm³/mol. The summed E-state index contributed by atoms with van der Waals surface area (Å²) in [6, 6.07) is 22.0. The van der Waals surface area contributed by atoms with Crippen LogP contribution in [-0.4, -0.2) is 17.1 Å². The van der Waals surface area contributed by atoms with Gasteiger partial charge in [-0.3, -0.25) is 10.1 Å². The van der Waals surface area contributed by atoms with Crippen LogP contribution in [0.25, 0.3) is 0 Å². The SMILES string of the molecule is C[C@H](CC/C=C/C(=O)Nc1ccccc1N)[C@H](OC(=O)Nc1ccc(C#N)cc1)c1ccc(O)cc1. The summed E-state index contributed by atoms with van der Waals surface area (Å²) in [7, 11) is 0. The Hall–Kier alpha value is -4.77. The van der Waals surface area contributed by atoms with Gasteiger partial charge in [0, 0.05) is 5.69 Å². The van der Waals surface area contributed by atoms with Gasteiger partial charge in [0.25, 0.3) is 0 Å². The Labute approximate surface area is 210 Å². The van der Waals surface area contributed by atoms with Crippen LogP contribution in [0.1, 0.15) is 37.0 Å². The van der Waals surface area contributed by atoms with Crippen LogP contribution in [0, 0.1) is 17.2 Å². The second-order valence-corrected chi connectivity index (χ2v) is 8.27. The first-order valence-electron chi connectivity index (χ1n) is 11.4. The van der Waals surface area contributed by atoms with Gasteiger partial charge in [-0.15, -0.1) is 0 Å². The predicted octanol–water partition coefficient (Wildman–Crippen LogP) is 5.75. The molecule has 3 rings (SSSR count). The maximum Gasteiger partial charge on any atom is 0.412 e. The standard InChI is InChI=1S/C28H28N4O4/c1-19(6-2-5-9-26(34)32-25-8-4-3-7-24(25)30)27(21-12-16-23(33)17-13-21)36-28(35)31-22-14-10-20(18-29)11-15-22/h3-5,7-17,19,27,33H,2,6,30H2,1H3,(H,31,35)(H,32,34)/b9-5+/t19-,27+/m1/s1. The fourth-order valence-electron chi connectivity index (χ4n) is 3.55. The van der Waals surface area contributed by atoms with E-state index in [-0.39, 0.29) is 17.6 Å². The zero-order chi connectivity index (χ0) is 25.9. The second-order valence-electron chi connectivity index (χ2n) is 8.27. The molecule has 36 heavy (non-hydrogen) atoms. The molecule has 0 heterocycles. The van der Waals surface area contributed by atoms with Gasteiger partial charge in [0.15, 0.2) is 0 Å². The molecule has 0 unspecified atom stereocenters. The highest BCUT2D eigenvalue weighted by atomic mass is 16.6. The zero-order valence-electron chi connectivity index (χ0n) is 19.8. The number of anilines is 3. The number of hydrogen-bond acceptors (Lipinski definition) is 6. The molecule has 8 nitrogen and oxygen atoms in total. The number of carbonyl (C=O) groups is 2. The van der Waals surface area contributed by atoms with Crippen molar-refractivity contribution in [2.45, 2.75) is 25.9 Å². The van der Waals surface area contributed by atoms with Crippen LogP contribution in [0.2, 0.25) is 0 Å². The highest BCUT2D eigenvalue weighted by Crippen LogP contribution is 2.31. The van der Waals surface area contributed by atoms with Gasteiger partial charge in [-0.2, -0.15) is 5.26 Å². The van der Waals surface area contributed by atoms with E-state index in [1.54, 1.807) is 66.7 Å². The largest absolute Gasteiger partial charge is 0.508 e. The number of hydrogen-bond donors (Lipinski definition) is 4. The van der Waals surface area contributed by atoms with Crippen molar-refractivity contribution in [3.05, 3.63) is 96.1 Å². The van der Waals surface area contributed by atoms with Crippen molar-refractivity contribution in [2.75, 3.05) is 16.4 Å². The van der Waals surface area contributed by atoms with Crippen molar-refractivity contribution >= 4 is 29.1 Å². The Kier molecular flexibility index (Phi) is 9.06. The highest BCUT2D eigenvalue weighted by Gasteiger charge is 2.23. The summed E-state index contributed by atoms with van der Waals surface area (Å²) in [5.41, 5.74) is 8.61. The minimum Gasteiger partial charge on any atom is -0.508 e. The monoisotopic (exact) mass is 484 g/mol. The second kappa shape index (κ2) is 12.6. The molecule has 184 valence electrons. The minimum atomic E-state index is -0.639. The van der Waals surface area contributed by atoms with Gasteiger partial charge < -0.3 is 20.9 Å². The molecule has 0 aromatic heterocycles. The van der Waals surface area contributed by atoms with Gasteiger partial charge in [-0.1, -0.05) is 37.3 Å². The molecule has 5 N–H and O–H groups in total. The van der Waals surface area contributed by atoms with Crippen LogP contribution in [-0.2, 0) is 9.53 Å². The van der Waals surface area contributed by atoms with E-state index in [0.29, 0.717) is 35.5 Å². The summed E-state index contributed by atoms with van der Waals surface area (Å²) in [6.45, 7) is 1.95. The number of allylic oxidation sites excluding steroid dienone is 1. The number of nitrogen functional groups attached to an aromatic ring is 1. The lowest BCUT2D eigenvalue weighted by Crippen LogP contribution is -2.22. The number of rotatable bonds is 9. The van der Waals surface area contributed by atoms with Crippen LogP contribution >= 0.6 is 0 Å². The zero-order valence-corrected chi connectivity index (χ0v) is 19.8. The molecular formula is C28H28N4O4. The molecule has 2 amide bonds. The number of ether oxygens (including phenoxy) is 1. The van der Waals surface area contributed by atoms with Gasteiger partial charge in [0.2, 0.25) is 5.91 Å². The van der Waals surface area contributed by atoms with E-state index < -0.39 is 12.2 Å².